The van der Waals surface area contributed by atoms with Crippen LogP contribution in [0.4, 0.5) is 5.69 Å². The molecule has 3 aromatic heterocycles. The number of anilines is 1. The molecular weight excluding hydrogens is 368 g/mol. The van der Waals surface area contributed by atoms with Crippen molar-refractivity contribution in [2.24, 2.45) is 0 Å². The van der Waals surface area contributed by atoms with Gasteiger partial charge in [0.25, 0.3) is 0 Å². The van der Waals surface area contributed by atoms with Crippen LogP contribution in [0, 0.1) is 0 Å². The van der Waals surface area contributed by atoms with Crippen LogP contribution < -0.4 is 5.32 Å². The van der Waals surface area contributed by atoms with Gasteiger partial charge in [-0.2, -0.15) is 5.10 Å². The molecule has 144 valence electrons. The van der Waals surface area contributed by atoms with Gasteiger partial charge in [0, 0.05) is 47.9 Å². The molecule has 0 aliphatic rings. The smallest absolute Gasteiger partial charge is 0.248 e. The highest BCUT2D eigenvalue weighted by Gasteiger charge is 2.05. The molecule has 8 nitrogen and oxygen atoms in total. The predicted molar refractivity (Wildman–Crippen MR) is 108 cm³/mol. The highest BCUT2D eigenvalue weighted by molar-refractivity contribution is 6.02. The van der Waals surface area contributed by atoms with E-state index in [1.54, 1.807) is 30.9 Å². The Balaban J connectivity index is 1.36. The number of hydrogen-bond donors (Lipinski definition) is 2. The van der Waals surface area contributed by atoms with E-state index in [0.29, 0.717) is 12.3 Å². The van der Waals surface area contributed by atoms with Gasteiger partial charge < -0.3 is 9.73 Å². The fraction of sp³-hybridized carbons (Fsp3) is 0.0952. The molecule has 0 unspecified atom stereocenters. The maximum atomic E-state index is 12.3. The summed E-state index contributed by atoms with van der Waals surface area (Å²) in [5, 5.41) is 17.1. The lowest BCUT2D eigenvalue weighted by Gasteiger charge is -2.05. The summed E-state index contributed by atoms with van der Waals surface area (Å²) >= 11 is 0. The second-order valence-corrected chi connectivity index (χ2v) is 6.30. The normalized spacial score (nSPS) is 11.0. The number of carbonyl (C=O) groups is 1. The molecule has 4 rings (SSSR count). The first-order valence-corrected chi connectivity index (χ1v) is 9.04. The highest BCUT2D eigenvalue weighted by Crippen LogP contribution is 2.22. The van der Waals surface area contributed by atoms with E-state index < -0.39 is 0 Å². The second-order valence-electron chi connectivity index (χ2n) is 6.30. The molecule has 8 heteroatoms. The molecule has 0 fully saturated rings. The lowest BCUT2D eigenvalue weighted by Crippen LogP contribution is -2.07. The van der Waals surface area contributed by atoms with E-state index in [4.69, 9.17) is 4.42 Å². The van der Waals surface area contributed by atoms with Crippen molar-refractivity contribution in [1.82, 2.24) is 25.4 Å². The Bertz CT molecular complexity index is 1090. The predicted octanol–water partition coefficient (Wildman–Crippen LogP) is 3.29. The average Bonchev–Trinajstić information content (AvgIpc) is 3.46. The largest absolute Gasteiger partial charge is 0.428 e. The van der Waals surface area contributed by atoms with Crippen molar-refractivity contribution >= 4 is 17.7 Å². The van der Waals surface area contributed by atoms with Crippen molar-refractivity contribution in [1.29, 1.82) is 0 Å². The zero-order chi connectivity index (χ0) is 19.9. The topological polar surface area (TPSA) is 110 Å². The Morgan fingerprint density at radius 1 is 1.14 bits per heavy atom. The molecule has 0 aliphatic carbocycles. The summed E-state index contributed by atoms with van der Waals surface area (Å²) in [7, 11) is 0. The van der Waals surface area contributed by atoms with E-state index in [-0.39, 0.29) is 5.91 Å². The third-order valence-corrected chi connectivity index (χ3v) is 4.33. The van der Waals surface area contributed by atoms with Gasteiger partial charge in [-0.25, -0.2) is 0 Å². The minimum atomic E-state index is -0.217. The molecule has 0 aliphatic heterocycles. The van der Waals surface area contributed by atoms with Crippen molar-refractivity contribution < 1.29 is 9.21 Å². The number of H-pyrrole nitrogens is 1. The van der Waals surface area contributed by atoms with Crippen LogP contribution in [-0.2, 0) is 17.6 Å². The summed E-state index contributed by atoms with van der Waals surface area (Å²) in [6, 6.07) is 9.56. The number of aryl methyl sites for hydroxylation is 2. The van der Waals surface area contributed by atoms with Crippen molar-refractivity contribution in [2.45, 2.75) is 12.8 Å². The maximum absolute atomic E-state index is 12.3. The summed E-state index contributed by atoms with van der Waals surface area (Å²) in [5.41, 5.74) is 4.56. The first-order chi connectivity index (χ1) is 14.3. The molecule has 0 radical (unpaired) electrons. The quantitative estimate of drug-likeness (QED) is 0.472. The standard InChI is InChI=1S/C21H18N6O2/c28-20(7-4-16-11-22-10-9-19(16)17-12-23-24-13-17)26-18-5-1-15(2-6-18)3-8-21-27-25-14-29-21/h1-2,4-7,9-14H,3,8H2,(H,23,24)(H,26,28). The number of amides is 1. The van der Waals surface area contributed by atoms with Crippen molar-refractivity contribution in [3.8, 4) is 11.1 Å². The summed E-state index contributed by atoms with van der Waals surface area (Å²) in [5.74, 6) is 0.392. The molecule has 0 saturated carbocycles. The van der Waals surface area contributed by atoms with E-state index in [1.807, 2.05) is 30.3 Å². The Morgan fingerprint density at radius 3 is 2.79 bits per heavy atom. The van der Waals surface area contributed by atoms with Gasteiger partial charge >= 0.3 is 0 Å². The zero-order valence-corrected chi connectivity index (χ0v) is 15.4. The molecular formula is C21H18N6O2. The SMILES string of the molecule is O=C(C=Cc1cnccc1-c1cn[nH]c1)Nc1ccc(CCc2nnco2)cc1. The molecule has 0 spiro atoms. The van der Waals surface area contributed by atoms with Gasteiger partial charge in [-0.05, 0) is 41.8 Å². The number of aromatic nitrogens is 5. The highest BCUT2D eigenvalue weighted by atomic mass is 16.4. The van der Waals surface area contributed by atoms with Gasteiger partial charge in [0.05, 0.1) is 6.20 Å². The fourth-order valence-electron chi connectivity index (χ4n) is 2.86. The third-order valence-electron chi connectivity index (χ3n) is 4.33. The van der Waals surface area contributed by atoms with Crippen molar-refractivity contribution in [3.05, 3.63) is 84.6 Å². The Morgan fingerprint density at radius 2 is 2.03 bits per heavy atom. The number of hydrogen-bond acceptors (Lipinski definition) is 6. The third kappa shape index (κ3) is 4.81. The number of nitrogens with one attached hydrogen (secondary N) is 2. The van der Waals surface area contributed by atoms with E-state index >= 15 is 0 Å². The Kier molecular flexibility index (Phi) is 5.52. The summed E-state index contributed by atoms with van der Waals surface area (Å²) < 4.78 is 5.13. The number of carbonyl (C=O) groups excluding carboxylic acids is 1. The molecule has 0 atom stereocenters. The number of pyridine rings is 1. The Hall–Kier alpha value is -4.07. The van der Waals surface area contributed by atoms with E-state index in [9.17, 15) is 4.79 Å². The van der Waals surface area contributed by atoms with E-state index in [2.05, 4.69) is 30.7 Å². The minimum absolute atomic E-state index is 0.217. The lowest BCUT2D eigenvalue weighted by molar-refractivity contribution is -0.111. The van der Waals surface area contributed by atoms with Gasteiger partial charge in [-0.3, -0.25) is 14.9 Å². The fourth-order valence-corrected chi connectivity index (χ4v) is 2.86. The lowest BCUT2D eigenvalue weighted by atomic mass is 10.0. The van der Waals surface area contributed by atoms with Crippen LogP contribution in [0.3, 0.4) is 0 Å². The van der Waals surface area contributed by atoms with Crippen LogP contribution in [0.5, 0.6) is 0 Å². The number of rotatable bonds is 7. The van der Waals surface area contributed by atoms with Gasteiger partial charge in [-0.15, -0.1) is 10.2 Å². The molecule has 2 N–H and O–H groups in total. The second kappa shape index (κ2) is 8.75. The monoisotopic (exact) mass is 386 g/mol. The molecule has 29 heavy (non-hydrogen) atoms. The van der Waals surface area contributed by atoms with Crippen molar-refractivity contribution in [2.75, 3.05) is 5.32 Å². The first-order valence-electron chi connectivity index (χ1n) is 9.04. The summed E-state index contributed by atoms with van der Waals surface area (Å²) in [6.45, 7) is 0. The average molecular weight is 386 g/mol. The van der Waals surface area contributed by atoms with Crippen LogP contribution in [0.2, 0.25) is 0 Å². The van der Waals surface area contributed by atoms with Gasteiger partial charge in [0.1, 0.15) is 0 Å². The number of aromatic amines is 1. The number of nitrogens with zero attached hydrogens (tertiary/aromatic N) is 4. The van der Waals surface area contributed by atoms with Crippen LogP contribution in [-0.4, -0.2) is 31.3 Å². The van der Waals surface area contributed by atoms with E-state index in [1.165, 1.54) is 12.5 Å². The Labute approximate surface area is 166 Å². The molecule has 1 aromatic carbocycles. The summed E-state index contributed by atoms with van der Waals surface area (Å²) in [4.78, 5) is 16.4. The molecule has 3 heterocycles. The van der Waals surface area contributed by atoms with Gasteiger partial charge in [-0.1, -0.05) is 12.1 Å². The van der Waals surface area contributed by atoms with Crippen LogP contribution in [0.25, 0.3) is 17.2 Å². The summed E-state index contributed by atoms with van der Waals surface area (Å²) in [6.07, 6.45) is 13.0. The molecule has 0 bridgehead atoms. The maximum Gasteiger partial charge on any atom is 0.248 e. The van der Waals surface area contributed by atoms with Crippen molar-refractivity contribution in [3.63, 3.8) is 0 Å². The molecule has 1 amide bonds. The minimum Gasteiger partial charge on any atom is -0.428 e. The first kappa shape index (κ1) is 18.3. The molecule has 4 aromatic rings. The number of benzene rings is 1. The van der Waals surface area contributed by atoms with Crippen LogP contribution in [0.1, 0.15) is 17.0 Å². The van der Waals surface area contributed by atoms with Crippen LogP contribution in [0.15, 0.2) is 72.0 Å². The van der Waals surface area contributed by atoms with E-state index in [0.717, 1.165) is 34.4 Å². The zero-order valence-electron chi connectivity index (χ0n) is 15.4. The molecule has 0 saturated heterocycles. The van der Waals surface area contributed by atoms with Gasteiger partial charge in [0.2, 0.25) is 18.2 Å². The van der Waals surface area contributed by atoms with Crippen LogP contribution >= 0.6 is 0 Å². The van der Waals surface area contributed by atoms with Gasteiger partial charge in [0.15, 0.2) is 0 Å².